The number of rotatable bonds is 9. The summed E-state index contributed by atoms with van der Waals surface area (Å²) in [6.07, 6.45) is -0.0132. The van der Waals surface area contributed by atoms with Crippen molar-refractivity contribution < 1.29 is 27.5 Å². The fourth-order valence-electron chi connectivity index (χ4n) is 4.56. The summed E-state index contributed by atoms with van der Waals surface area (Å²) in [7, 11) is 1.15. The largest absolute Gasteiger partial charge is 0.467 e. The molecule has 0 aliphatic carbocycles. The van der Waals surface area contributed by atoms with Crippen molar-refractivity contribution in [2.75, 3.05) is 20.2 Å². The van der Waals surface area contributed by atoms with Gasteiger partial charge in [0.1, 0.15) is 17.4 Å². The van der Waals surface area contributed by atoms with E-state index < -0.39 is 40.9 Å². The lowest BCUT2D eigenvalue weighted by atomic mass is 9.98. The Morgan fingerprint density at radius 2 is 1.44 bits per heavy atom. The number of aryl methyl sites for hydroxylation is 1. The summed E-state index contributed by atoms with van der Waals surface area (Å²) in [6, 6.07) is 22.9. The summed E-state index contributed by atoms with van der Waals surface area (Å²) in [5.41, 5.74) is 8.05. The third-order valence-corrected chi connectivity index (χ3v) is 6.71. The predicted octanol–water partition coefficient (Wildman–Crippen LogP) is 6.35. The first-order valence-electron chi connectivity index (χ1n) is 12.7. The number of carbonyl (C=O) groups is 2. The van der Waals surface area contributed by atoms with E-state index in [2.05, 4.69) is 0 Å². The van der Waals surface area contributed by atoms with Gasteiger partial charge in [0.25, 0.3) is 5.91 Å². The van der Waals surface area contributed by atoms with Crippen molar-refractivity contribution in [1.29, 1.82) is 0 Å². The summed E-state index contributed by atoms with van der Waals surface area (Å²) in [5, 5.41) is 0. The minimum atomic E-state index is -1.64. The van der Waals surface area contributed by atoms with Crippen LogP contribution in [0.15, 0.2) is 84.9 Å². The van der Waals surface area contributed by atoms with E-state index in [1.54, 1.807) is 24.3 Å². The number of ether oxygens (including phenoxy) is 1. The van der Waals surface area contributed by atoms with Gasteiger partial charge in [-0.3, -0.25) is 4.79 Å². The molecule has 0 unspecified atom stereocenters. The van der Waals surface area contributed by atoms with Crippen LogP contribution in [0.3, 0.4) is 0 Å². The van der Waals surface area contributed by atoms with Crippen molar-refractivity contribution in [2.24, 2.45) is 5.73 Å². The van der Waals surface area contributed by atoms with Crippen LogP contribution in [0.5, 0.6) is 0 Å². The van der Waals surface area contributed by atoms with E-state index in [4.69, 9.17) is 10.5 Å². The molecule has 0 saturated heterocycles. The topological polar surface area (TPSA) is 72.6 Å². The van der Waals surface area contributed by atoms with Gasteiger partial charge < -0.3 is 15.4 Å². The number of hydrogen-bond acceptors (Lipinski definition) is 4. The Balaban J connectivity index is 0.00000462. The number of hydrogen-bond donors (Lipinski definition) is 1. The molecule has 4 aromatic carbocycles. The van der Waals surface area contributed by atoms with Gasteiger partial charge in [-0.15, -0.1) is 12.4 Å². The first-order valence-corrected chi connectivity index (χ1v) is 12.7. The Hall–Kier alpha value is -4.14. The second kappa shape index (κ2) is 14.0. The molecular formula is C32H30ClF3N2O3. The van der Waals surface area contributed by atoms with Crippen molar-refractivity contribution in [2.45, 2.75) is 19.4 Å². The van der Waals surface area contributed by atoms with Gasteiger partial charge in [0.05, 0.1) is 7.11 Å². The highest BCUT2D eigenvalue weighted by Crippen LogP contribution is 2.30. The van der Waals surface area contributed by atoms with Crippen molar-refractivity contribution in [3.63, 3.8) is 0 Å². The van der Waals surface area contributed by atoms with E-state index in [9.17, 15) is 9.59 Å². The fourth-order valence-corrected chi connectivity index (χ4v) is 4.56. The SMILES string of the molecule is COC(=O)[C@H](Cc1ccc(-c2ccccc2)cc1)N(CCN)C(=O)c1c(F)cc(-c2ccc(C)cc2)c(F)c1F.Cl. The number of halogens is 4. The third kappa shape index (κ3) is 6.96. The summed E-state index contributed by atoms with van der Waals surface area (Å²) in [5.74, 6) is -6.26. The summed E-state index contributed by atoms with van der Waals surface area (Å²) < 4.78 is 50.7. The van der Waals surface area contributed by atoms with Gasteiger partial charge in [0.2, 0.25) is 0 Å². The number of carbonyl (C=O) groups excluding carboxylic acids is 2. The molecule has 2 N–H and O–H groups in total. The maximum atomic E-state index is 15.3. The summed E-state index contributed by atoms with van der Waals surface area (Å²) in [6.45, 7) is 1.49. The molecule has 0 aliphatic rings. The van der Waals surface area contributed by atoms with Gasteiger partial charge in [0, 0.05) is 25.1 Å². The lowest BCUT2D eigenvalue weighted by molar-refractivity contribution is -0.146. The van der Waals surface area contributed by atoms with Gasteiger partial charge in [-0.1, -0.05) is 84.4 Å². The van der Waals surface area contributed by atoms with E-state index in [0.717, 1.165) is 34.8 Å². The van der Waals surface area contributed by atoms with Gasteiger partial charge in [0.15, 0.2) is 11.6 Å². The third-order valence-electron chi connectivity index (χ3n) is 6.71. The van der Waals surface area contributed by atoms with E-state index in [0.29, 0.717) is 5.56 Å². The summed E-state index contributed by atoms with van der Waals surface area (Å²) >= 11 is 0. The van der Waals surface area contributed by atoms with Crippen LogP contribution < -0.4 is 5.73 Å². The highest BCUT2D eigenvalue weighted by atomic mass is 35.5. The van der Waals surface area contributed by atoms with Crippen LogP contribution in [0.4, 0.5) is 13.2 Å². The van der Waals surface area contributed by atoms with Crippen molar-refractivity contribution >= 4 is 24.3 Å². The Kier molecular flexibility index (Phi) is 10.7. The van der Waals surface area contributed by atoms with Gasteiger partial charge in [-0.2, -0.15) is 0 Å². The van der Waals surface area contributed by atoms with Crippen LogP contribution in [-0.4, -0.2) is 43.0 Å². The van der Waals surface area contributed by atoms with Gasteiger partial charge in [-0.05, 0) is 35.2 Å². The van der Waals surface area contributed by atoms with Gasteiger partial charge >= 0.3 is 5.97 Å². The molecule has 0 spiro atoms. The maximum Gasteiger partial charge on any atom is 0.328 e. The molecule has 5 nitrogen and oxygen atoms in total. The lowest BCUT2D eigenvalue weighted by Gasteiger charge is -2.30. The van der Waals surface area contributed by atoms with E-state index in [1.165, 1.54) is 12.1 Å². The van der Waals surface area contributed by atoms with E-state index in [1.807, 2.05) is 49.4 Å². The van der Waals surface area contributed by atoms with Crippen LogP contribution in [0, 0.1) is 24.4 Å². The maximum absolute atomic E-state index is 15.3. The molecule has 0 heterocycles. The van der Waals surface area contributed by atoms with Crippen molar-refractivity contribution in [1.82, 2.24) is 4.90 Å². The van der Waals surface area contributed by atoms with Crippen LogP contribution in [0.1, 0.15) is 21.5 Å². The molecule has 1 atom stereocenters. The minimum absolute atomic E-state index is 0. The monoisotopic (exact) mass is 582 g/mol. The molecule has 0 bridgehead atoms. The molecule has 0 fully saturated rings. The molecule has 0 saturated carbocycles. The second-order valence-electron chi connectivity index (χ2n) is 9.37. The predicted molar refractivity (Wildman–Crippen MR) is 155 cm³/mol. The molecule has 9 heteroatoms. The Morgan fingerprint density at radius 3 is 2.02 bits per heavy atom. The Labute approximate surface area is 243 Å². The minimum Gasteiger partial charge on any atom is -0.467 e. The number of benzene rings is 4. The fraction of sp³-hybridized carbons (Fsp3) is 0.188. The van der Waals surface area contributed by atoms with Crippen LogP contribution in [0.2, 0.25) is 0 Å². The molecule has 0 radical (unpaired) electrons. The lowest BCUT2D eigenvalue weighted by Crippen LogP contribution is -2.49. The zero-order valence-corrected chi connectivity index (χ0v) is 23.4. The van der Waals surface area contributed by atoms with Gasteiger partial charge in [-0.25, -0.2) is 18.0 Å². The average molecular weight is 583 g/mol. The van der Waals surface area contributed by atoms with Crippen LogP contribution in [0.25, 0.3) is 22.3 Å². The molecule has 214 valence electrons. The molecule has 41 heavy (non-hydrogen) atoms. The van der Waals surface area contributed by atoms with E-state index >= 15 is 13.2 Å². The zero-order chi connectivity index (χ0) is 28.8. The molecule has 0 aliphatic heterocycles. The highest BCUT2D eigenvalue weighted by molar-refractivity contribution is 5.98. The number of methoxy groups -OCH3 is 1. The smallest absolute Gasteiger partial charge is 0.328 e. The van der Waals surface area contributed by atoms with Crippen molar-refractivity contribution in [3.05, 3.63) is 119 Å². The molecule has 4 rings (SSSR count). The van der Waals surface area contributed by atoms with E-state index in [-0.39, 0.29) is 43.0 Å². The van der Waals surface area contributed by atoms with Crippen molar-refractivity contribution in [3.8, 4) is 22.3 Å². The van der Waals surface area contributed by atoms with Crippen LogP contribution in [-0.2, 0) is 16.0 Å². The Morgan fingerprint density at radius 1 is 0.854 bits per heavy atom. The average Bonchev–Trinajstić information content (AvgIpc) is 2.97. The first kappa shape index (κ1) is 31.4. The zero-order valence-electron chi connectivity index (χ0n) is 22.6. The Bertz CT molecular complexity index is 1500. The summed E-state index contributed by atoms with van der Waals surface area (Å²) in [4.78, 5) is 27.3. The second-order valence-corrected chi connectivity index (χ2v) is 9.37. The normalized spacial score (nSPS) is 11.4. The molecule has 0 aromatic heterocycles. The number of amides is 1. The highest BCUT2D eigenvalue weighted by Gasteiger charge is 2.35. The quantitative estimate of drug-likeness (QED) is 0.184. The molecular weight excluding hydrogens is 553 g/mol. The van der Waals surface area contributed by atoms with Crippen LogP contribution >= 0.6 is 12.4 Å². The number of nitrogens with two attached hydrogens (primary N) is 1. The standard InChI is InChI=1S/C32H29F3N2O3.ClH/c1-20-8-12-24(13-9-20)25-19-26(33)28(30(35)29(25)34)31(38)37(17-16-36)27(32(39)40-2)18-21-10-14-23(15-11-21)22-6-4-3-5-7-22;/h3-15,19,27H,16-18,36H2,1-2H3;1H/t27-;/m0./s1. The molecule has 4 aromatic rings. The molecule has 1 amide bonds. The number of nitrogens with zero attached hydrogens (tertiary/aromatic N) is 1. The number of esters is 1. The first-order chi connectivity index (χ1) is 19.2.